The van der Waals surface area contributed by atoms with E-state index in [1.54, 1.807) is 0 Å². The van der Waals surface area contributed by atoms with E-state index in [1.165, 1.54) is 0 Å². The van der Waals surface area contributed by atoms with Crippen molar-refractivity contribution in [2.75, 3.05) is 0 Å². The van der Waals surface area contributed by atoms with Gasteiger partial charge in [0.15, 0.2) is 0 Å². The molecule has 0 spiro atoms. The summed E-state index contributed by atoms with van der Waals surface area (Å²) in [6, 6.07) is 5.84. The molecule has 0 saturated carbocycles. The number of pyridine rings is 1. The lowest BCUT2D eigenvalue weighted by Gasteiger charge is -1.94. The number of nitrogens with zero attached hydrogens (tertiary/aromatic N) is 1. The van der Waals surface area contributed by atoms with Gasteiger partial charge in [0, 0.05) is 12.2 Å². The van der Waals surface area contributed by atoms with Gasteiger partial charge in [-0.05, 0) is 19.1 Å². The number of halogens is 2. The van der Waals surface area contributed by atoms with Gasteiger partial charge in [-0.2, -0.15) is 0 Å². The second-order valence-corrected chi connectivity index (χ2v) is 1.97. The van der Waals surface area contributed by atoms with E-state index in [9.17, 15) is 0 Å². The molecular formula is C7H12Cl2N2. The van der Waals surface area contributed by atoms with Gasteiger partial charge >= 0.3 is 0 Å². The number of nitrogens with two attached hydrogens (primary N) is 1. The molecule has 0 saturated heterocycles. The molecule has 0 aliphatic rings. The van der Waals surface area contributed by atoms with E-state index < -0.39 is 0 Å². The van der Waals surface area contributed by atoms with Crippen molar-refractivity contribution in [2.24, 2.45) is 5.73 Å². The minimum absolute atomic E-state index is 0. The Morgan fingerprint density at radius 1 is 1.36 bits per heavy atom. The fraction of sp³-hybridized carbons (Fsp3) is 0.286. The zero-order valence-electron chi connectivity index (χ0n) is 6.28. The molecule has 1 aromatic rings. The van der Waals surface area contributed by atoms with Crippen molar-refractivity contribution in [3.05, 3.63) is 29.6 Å². The number of aryl methyl sites for hydroxylation is 1. The normalized spacial score (nSPS) is 7.82. The lowest BCUT2D eigenvalue weighted by atomic mass is 10.3. The minimum atomic E-state index is 0. The van der Waals surface area contributed by atoms with Gasteiger partial charge in [0.2, 0.25) is 0 Å². The lowest BCUT2D eigenvalue weighted by molar-refractivity contribution is 0.969. The molecule has 64 valence electrons. The number of hydrogen-bond acceptors (Lipinski definition) is 2. The Kier molecular flexibility index (Phi) is 7.74. The van der Waals surface area contributed by atoms with Crippen LogP contribution in [0, 0.1) is 6.92 Å². The summed E-state index contributed by atoms with van der Waals surface area (Å²) in [5.74, 6) is 0. The quantitative estimate of drug-likeness (QED) is 0.740. The SMILES string of the molecule is Cc1cccc(CN)n1.Cl.Cl. The molecule has 0 amide bonds. The fourth-order valence-electron chi connectivity index (χ4n) is 0.713. The molecule has 0 atom stereocenters. The monoisotopic (exact) mass is 194 g/mol. The van der Waals surface area contributed by atoms with Gasteiger partial charge in [-0.1, -0.05) is 6.07 Å². The lowest BCUT2D eigenvalue weighted by Crippen LogP contribution is -1.99. The van der Waals surface area contributed by atoms with Gasteiger partial charge in [-0.25, -0.2) is 0 Å². The van der Waals surface area contributed by atoms with Crippen molar-refractivity contribution in [3.63, 3.8) is 0 Å². The molecule has 0 aromatic carbocycles. The van der Waals surface area contributed by atoms with Crippen LogP contribution >= 0.6 is 24.8 Å². The van der Waals surface area contributed by atoms with Gasteiger partial charge in [0.25, 0.3) is 0 Å². The molecule has 0 bridgehead atoms. The second kappa shape index (κ2) is 6.40. The molecule has 0 radical (unpaired) electrons. The van der Waals surface area contributed by atoms with Crippen LogP contribution in [-0.4, -0.2) is 4.98 Å². The maximum Gasteiger partial charge on any atom is 0.0542 e. The first-order valence-corrected chi connectivity index (χ1v) is 2.95. The van der Waals surface area contributed by atoms with Crippen LogP contribution in [0.1, 0.15) is 11.4 Å². The third kappa shape index (κ3) is 4.19. The molecule has 11 heavy (non-hydrogen) atoms. The van der Waals surface area contributed by atoms with Crippen LogP contribution in [0.15, 0.2) is 18.2 Å². The van der Waals surface area contributed by atoms with E-state index in [0.717, 1.165) is 11.4 Å². The smallest absolute Gasteiger partial charge is 0.0542 e. The molecule has 4 heteroatoms. The van der Waals surface area contributed by atoms with Gasteiger partial charge in [-0.3, -0.25) is 4.98 Å². The van der Waals surface area contributed by atoms with E-state index in [2.05, 4.69) is 4.98 Å². The summed E-state index contributed by atoms with van der Waals surface area (Å²) < 4.78 is 0. The zero-order valence-corrected chi connectivity index (χ0v) is 7.91. The predicted octanol–water partition coefficient (Wildman–Crippen LogP) is 1.69. The van der Waals surface area contributed by atoms with Crippen LogP contribution < -0.4 is 5.73 Å². The van der Waals surface area contributed by atoms with Crippen molar-refractivity contribution >= 4 is 24.8 Å². The summed E-state index contributed by atoms with van der Waals surface area (Å²) in [7, 11) is 0. The van der Waals surface area contributed by atoms with Crippen molar-refractivity contribution < 1.29 is 0 Å². The minimum Gasteiger partial charge on any atom is -0.325 e. The molecule has 2 nitrogen and oxygen atoms in total. The summed E-state index contributed by atoms with van der Waals surface area (Å²) in [6.07, 6.45) is 0. The number of hydrogen-bond donors (Lipinski definition) is 1. The summed E-state index contributed by atoms with van der Waals surface area (Å²) in [4.78, 5) is 4.17. The summed E-state index contributed by atoms with van der Waals surface area (Å²) >= 11 is 0. The van der Waals surface area contributed by atoms with Crippen LogP contribution in [0.25, 0.3) is 0 Å². The highest BCUT2D eigenvalue weighted by molar-refractivity contribution is 5.85. The average Bonchev–Trinajstić information content (AvgIpc) is 1.88. The van der Waals surface area contributed by atoms with E-state index in [0.29, 0.717) is 6.54 Å². The fourth-order valence-corrected chi connectivity index (χ4v) is 0.713. The highest BCUT2D eigenvalue weighted by Gasteiger charge is 1.87. The molecule has 1 rings (SSSR count). The predicted molar refractivity (Wildman–Crippen MR) is 51.4 cm³/mol. The van der Waals surface area contributed by atoms with Crippen LogP contribution in [0.2, 0.25) is 0 Å². The topological polar surface area (TPSA) is 38.9 Å². The second-order valence-electron chi connectivity index (χ2n) is 1.97. The Balaban J connectivity index is 0. The Labute approximate surface area is 79.0 Å². The Morgan fingerprint density at radius 3 is 2.36 bits per heavy atom. The van der Waals surface area contributed by atoms with Crippen molar-refractivity contribution in [1.29, 1.82) is 0 Å². The largest absolute Gasteiger partial charge is 0.325 e. The maximum atomic E-state index is 5.36. The molecule has 2 N–H and O–H groups in total. The van der Waals surface area contributed by atoms with Crippen molar-refractivity contribution in [2.45, 2.75) is 13.5 Å². The first-order chi connectivity index (χ1) is 4.33. The van der Waals surface area contributed by atoms with Crippen LogP contribution in [0.5, 0.6) is 0 Å². The van der Waals surface area contributed by atoms with Gasteiger partial charge in [0.1, 0.15) is 0 Å². The number of aromatic nitrogens is 1. The summed E-state index contributed by atoms with van der Waals surface area (Å²) in [6.45, 7) is 2.49. The highest BCUT2D eigenvalue weighted by Crippen LogP contribution is 1.95. The highest BCUT2D eigenvalue weighted by atomic mass is 35.5. The van der Waals surface area contributed by atoms with E-state index >= 15 is 0 Å². The van der Waals surface area contributed by atoms with Crippen LogP contribution in [-0.2, 0) is 6.54 Å². The first-order valence-electron chi connectivity index (χ1n) is 2.95. The molecule has 0 unspecified atom stereocenters. The Bertz CT molecular complexity index is 203. The van der Waals surface area contributed by atoms with Crippen LogP contribution in [0.3, 0.4) is 0 Å². The van der Waals surface area contributed by atoms with Gasteiger partial charge < -0.3 is 5.73 Å². The molecule has 0 aliphatic carbocycles. The Morgan fingerprint density at radius 2 is 2.00 bits per heavy atom. The Hall–Kier alpha value is -0.310. The van der Waals surface area contributed by atoms with Gasteiger partial charge in [-0.15, -0.1) is 24.8 Å². The summed E-state index contributed by atoms with van der Waals surface area (Å²) in [5, 5.41) is 0. The maximum absolute atomic E-state index is 5.36. The standard InChI is InChI=1S/C7H10N2.2ClH/c1-6-3-2-4-7(5-8)9-6;;/h2-4H,5,8H2,1H3;2*1H. The average molecular weight is 195 g/mol. The molecule has 1 heterocycles. The van der Waals surface area contributed by atoms with E-state index in [4.69, 9.17) is 5.73 Å². The number of rotatable bonds is 1. The van der Waals surface area contributed by atoms with E-state index in [-0.39, 0.29) is 24.8 Å². The summed E-state index contributed by atoms with van der Waals surface area (Å²) in [5.41, 5.74) is 7.34. The first kappa shape index (κ1) is 13.3. The molecule has 0 fully saturated rings. The molecule has 1 aromatic heterocycles. The van der Waals surface area contributed by atoms with E-state index in [1.807, 2.05) is 25.1 Å². The zero-order chi connectivity index (χ0) is 6.69. The van der Waals surface area contributed by atoms with Crippen molar-refractivity contribution in [1.82, 2.24) is 4.98 Å². The third-order valence-corrected chi connectivity index (χ3v) is 1.16. The van der Waals surface area contributed by atoms with Crippen LogP contribution in [0.4, 0.5) is 0 Å². The van der Waals surface area contributed by atoms with Gasteiger partial charge in [0.05, 0.1) is 5.69 Å². The third-order valence-electron chi connectivity index (χ3n) is 1.16. The molecular weight excluding hydrogens is 183 g/mol. The van der Waals surface area contributed by atoms with Crippen molar-refractivity contribution in [3.8, 4) is 0 Å². The molecule has 0 aliphatic heterocycles.